The summed E-state index contributed by atoms with van der Waals surface area (Å²) in [4.78, 5) is 17.4. The van der Waals surface area contributed by atoms with Gasteiger partial charge in [-0.25, -0.2) is 0 Å². The molecule has 2 bridgehead atoms. The van der Waals surface area contributed by atoms with Crippen LogP contribution in [0.25, 0.3) is 62.7 Å². The summed E-state index contributed by atoms with van der Waals surface area (Å²) in [7, 11) is 0. The lowest BCUT2D eigenvalue weighted by atomic mass is 9.59. The van der Waals surface area contributed by atoms with Crippen LogP contribution in [0.4, 0.5) is 0 Å². The minimum atomic E-state index is -0.324. The van der Waals surface area contributed by atoms with Gasteiger partial charge in [-0.15, -0.1) is 0 Å². The van der Waals surface area contributed by atoms with Crippen molar-refractivity contribution in [2.45, 2.75) is 51.1 Å². The summed E-state index contributed by atoms with van der Waals surface area (Å²) in [6.07, 6.45) is 0. The molecule has 0 spiro atoms. The SMILES string of the molecule is [N-]=[N+]=NCc1cc2c(cc1CN=[N+]=[N-])C1c3cc(CN=[N+]=[N-])c(CN=[N+]=[N-])cc3C2c2cc(CN=[N+]=[N-])c(CN=[N+]=[N-])cc21. The van der Waals surface area contributed by atoms with Crippen molar-refractivity contribution in [1.82, 2.24) is 0 Å². The van der Waals surface area contributed by atoms with Crippen molar-refractivity contribution in [2.24, 2.45) is 30.7 Å². The van der Waals surface area contributed by atoms with Crippen molar-refractivity contribution < 1.29 is 0 Å². The van der Waals surface area contributed by atoms with Crippen LogP contribution in [0, 0.1) is 0 Å². The first-order valence-corrected chi connectivity index (χ1v) is 13.1. The third-order valence-electron chi connectivity index (χ3n) is 7.91. The zero-order valence-electron chi connectivity index (χ0n) is 22.9. The largest absolute Gasteiger partial charge is 0.0893 e. The molecule has 44 heavy (non-hydrogen) atoms. The van der Waals surface area contributed by atoms with Gasteiger partial charge in [-0.05, 0) is 99.9 Å². The predicted molar refractivity (Wildman–Crippen MR) is 158 cm³/mol. The van der Waals surface area contributed by atoms with Crippen LogP contribution in [0.1, 0.15) is 78.6 Å². The summed E-state index contributed by atoms with van der Waals surface area (Å²) in [6.45, 7) is 0.319. The van der Waals surface area contributed by atoms with Crippen LogP contribution in [0.3, 0.4) is 0 Å². The van der Waals surface area contributed by atoms with Crippen molar-refractivity contribution in [3.63, 3.8) is 0 Å². The first kappa shape index (κ1) is 29.0. The molecule has 0 heterocycles. The van der Waals surface area contributed by atoms with Gasteiger partial charge < -0.3 is 0 Å². The third-order valence-corrected chi connectivity index (χ3v) is 7.91. The molecule has 0 amide bonds. The van der Waals surface area contributed by atoms with Gasteiger partial charge in [0.1, 0.15) is 0 Å². The van der Waals surface area contributed by atoms with Crippen LogP contribution < -0.4 is 0 Å². The lowest BCUT2D eigenvalue weighted by molar-refractivity contribution is 0.734. The molecule has 3 aliphatic rings. The molecule has 3 aromatic rings. The second-order valence-corrected chi connectivity index (χ2v) is 9.95. The van der Waals surface area contributed by atoms with Crippen LogP contribution in [0.15, 0.2) is 67.1 Å². The topological polar surface area (TPSA) is 293 Å². The van der Waals surface area contributed by atoms with Crippen molar-refractivity contribution in [2.75, 3.05) is 0 Å². The lowest BCUT2D eigenvalue weighted by Gasteiger charge is -2.44. The summed E-state index contributed by atoms with van der Waals surface area (Å²) in [5, 5.41) is 22.6. The average molecular weight is 585 g/mol. The second kappa shape index (κ2) is 13.0. The standard InChI is InChI=1S/C26H20N18/c27-39-33-7-13-1-19-20(2-14(13)8-34-40-28)26-23-5-17(11-37-43-31)15(9-35-41-29)3-21(23)25(19)22-4-16(10-36-42-30)18(6-24(22)26)12-38-44-32/h1-6,25-26H,7-12H2. The van der Waals surface area contributed by atoms with E-state index in [4.69, 9.17) is 33.2 Å². The molecule has 0 fully saturated rings. The number of hydrogen-bond acceptors (Lipinski definition) is 6. The molecule has 0 aliphatic heterocycles. The van der Waals surface area contributed by atoms with Gasteiger partial charge in [-0.3, -0.25) is 0 Å². The van der Waals surface area contributed by atoms with Crippen molar-refractivity contribution >= 4 is 0 Å². The summed E-state index contributed by atoms with van der Waals surface area (Å²) < 4.78 is 0. The average Bonchev–Trinajstić information content (AvgIpc) is 3.05. The number of nitrogens with zero attached hydrogens (tertiary/aromatic N) is 18. The Morgan fingerprint density at radius 2 is 0.500 bits per heavy atom. The first-order chi connectivity index (χ1) is 21.6. The molecule has 214 valence electrons. The second-order valence-electron chi connectivity index (χ2n) is 9.95. The smallest absolute Gasteiger partial charge is 0.0513 e. The van der Waals surface area contributed by atoms with Crippen molar-refractivity contribution in [3.05, 3.63) is 166 Å². The van der Waals surface area contributed by atoms with Crippen molar-refractivity contribution in [1.29, 1.82) is 0 Å². The maximum absolute atomic E-state index is 9.02. The highest BCUT2D eigenvalue weighted by atomic mass is 15.2. The quantitative estimate of drug-likeness (QED) is 0.0750. The highest BCUT2D eigenvalue weighted by Gasteiger charge is 2.42. The number of azide groups is 6. The number of benzene rings is 3. The number of hydrogen-bond donors (Lipinski definition) is 0. The molecule has 6 rings (SSSR count). The summed E-state index contributed by atoms with van der Waals surface area (Å²) >= 11 is 0. The highest BCUT2D eigenvalue weighted by molar-refractivity contribution is 5.70. The van der Waals surface area contributed by atoms with Crippen LogP contribution in [-0.2, 0) is 39.3 Å². The molecular weight excluding hydrogens is 564 g/mol. The predicted octanol–water partition coefficient (Wildman–Crippen LogP) is 9.54. The number of rotatable bonds is 12. The van der Waals surface area contributed by atoms with Crippen LogP contribution in [0.5, 0.6) is 0 Å². The Hall–Kier alpha value is -6.48. The van der Waals surface area contributed by atoms with Gasteiger partial charge in [-0.1, -0.05) is 67.1 Å². The van der Waals surface area contributed by atoms with Gasteiger partial charge in [0, 0.05) is 41.3 Å². The van der Waals surface area contributed by atoms with E-state index in [-0.39, 0.29) is 51.1 Å². The molecule has 0 saturated heterocycles. The fourth-order valence-electron chi connectivity index (χ4n) is 6.22. The fourth-order valence-corrected chi connectivity index (χ4v) is 6.22. The molecule has 18 nitrogen and oxygen atoms in total. The Morgan fingerprint density at radius 1 is 0.341 bits per heavy atom. The highest BCUT2D eigenvalue weighted by Crippen LogP contribution is 2.57. The van der Waals surface area contributed by atoms with E-state index in [1.54, 1.807) is 0 Å². The minimum Gasteiger partial charge on any atom is -0.0893 e. The lowest BCUT2D eigenvalue weighted by Crippen LogP contribution is -2.29. The molecule has 0 atom stereocenters. The first-order valence-electron chi connectivity index (χ1n) is 13.1. The monoisotopic (exact) mass is 584 g/mol. The van der Waals surface area contributed by atoms with E-state index >= 15 is 0 Å². The zero-order chi connectivity index (χ0) is 31.1. The van der Waals surface area contributed by atoms with Gasteiger partial charge in [0.2, 0.25) is 0 Å². The Balaban J connectivity index is 1.84. The Bertz CT molecular complexity index is 1610. The van der Waals surface area contributed by atoms with Crippen molar-refractivity contribution in [3.8, 4) is 0 Å². The molecule has 0 unspecified atom stereocenters. The molecule has 0 radical (unpaired) electrons. The summed E-state index contributed by atoms with van der Waals surface area (Å²) in [5.74, 6) is -0.648. The Morgan fingerprint density at radius 3 is 0.636 bits per heavy atom. The Kier molecular flexibility index (Phi) is 8.58. The molecule has 3 aromatic carbocycles. The van der Waals surface area contributed by atoms with E-state index in [1.807, 2.05) is 36.4 Å². The molecule has 3 aliphatic carbocycles. The molecule has 18 heteroatoms. The maximum atomic E-state index is 9.02. The van der Waals surface area contributed by atoms with Crippen LogP contribution in [-0.4, -0.2) is 0 Å². The summed E-state index contributed by atoms with van der Waals surface area (Å²) in [6, 6.07) is 11.8. The molecular formula is C26H20N18. The van der Waals surface area contributed by atoms with E-state index in [2.05, 4.69) is 60.2 Å². The Labute approximate surface area is 247 Å². The van der Waals surface area contributed by atoms with Gasteiger partial charge in [-0.2, -0.15) is 0 Å². The molecule has 0 N–H and O–H groups in total. The van der Waals surface area contributed by atoms with Crippen LogP contribution >= 0.6 is 0 Å². The van der Waals surface area contributed by atoms with E-state index in [0.29, 0.717) is 33.4 Å². The van der Waals surface area contributed by atoms with Gasteiger partial charge in [0.05, 0.1) is 39.3 Å². The van der Waals surface area contributed by atoms with Gasteiger partial charge >= 0.3 is 0 Å². The van der Waals surface area contributed by atoms with Gasteiger partial charge in [0.25, 0.3) is 0 Å². The third kappa shape index (κ3) is 5.28. The minimum absolute atomic E-state index is 0.0532. The maximum Gasteiger partial charge on any atom is 0.0513 e. The van der Waals surface area contributed by atoms with E-state index in [1.165, 1.54) is 0 Å². The van der Waals surface area contributed by atoms with E-state index in [9.17, 15) is 0 Å². The van der Waals surface area contributed by atoms with Crippen LogP contribution in [0.2, 0.25) is 0 Å². The zero-order valence-corrected chi connectivity index (χ0v) is 22.9. The molecule has 0 saturated carbocycles. The normalized spacial score (nSPS) is 14.5. The molecule has 0 aromatic heterocycles. The van der Waals surface area contributed by atoms with E-state index in [0.717, 1.165) is 33.4 Å². The van der Waals surface area contributed by atoms with E-state index < -0.39 is 0 Å². The summed E-state index contributed by atoms with van der Waals surface area (Å²) in [5.41, 5.74) is 64.2. The van der Waals surface area contributed by atoms with Gasteiger partial charge in [0.15, 0.2) is 0 Å². The fraction of sp³-hybridized carbons (Fsp3) is 0.308.